The number of hydrogen-bond donors (Lipinski definition) is 2. The van der Waals surface area contributed by atoms with Crippen LogP contribution in [0.2, 0.25) is 0 Å². The number of aromatic hydroxyl groups is 1. The number of phenols is 1. The van der Waals surface area contributed by atoms with Crippen molar-refractivity contribution >= 4 is 23.3 Å². The van der Waals surface area contributed by atoms with Crippen molar-refractivity contribution in [3.8, 4) is 5.75 Å². The number of rotatable bonds is 4. The van der Waals surface area contributed by atoms with E-state index in [0.717, 1.165) is 0 Å². The third kappa shape index (κ3) is 4.05. The van der Waals surface area contributed by atoms with Crippen molar-refractivity contribution < 1.29 is 24.2 Å². The van der Waals surface area contributed by atoms with Crippen molar-refractivity contribution in [3.63, 3.8) is 0 Å². The van der Waals surface area contributed by atoms with Gasteiger partial charge in [0.05, 0.1) is 25.2 Å². The first-order valence-corrected chi connectivity index (χ1v) is 6.96. The Bertz CT molecular complexity index is 594. The summed E-state index contributed by atoms with van der Waals surface area (Å²) in [5.41, 5.74) is 0.455. The quantitative estimate of drug-likeness (QED) is 0.633. The van der Waals surface area contributed by atoms with Crippen LogP contribution in [0.4, 0.5) is 5.69 Å². The van der Waals surface area contributed by atoms with Gasteiger partial charge < -0.3 is 20.1 Å². The van der Waals surface area contributed by atoms with Gasteiger partial charge in [0.15, 0.2) is 5.78 Å². The highest BCUT2D eigenvalue weighted by atomic mass is 16.5. The standard InChI is InChI=1S/C15H18N2O5/c1-10(18)16-11-2-3-12(13(19)8-11)14(20)9-15(21)17-4-6-22-7-5-17/h2-3,8,19H,4-7,9H2,1H3,(H,16,18). The Morgan fingerprint density at radius 3 is 2.55 bits per heavy atom. The first kappa shape index (κ1) is 16.0. The van der Waals surface area contributed by atoms with Gasteiger partial charge in [0.25, 0.3) is 0 Å². The first-order chi connectivity index (χ1) is 10.5. The number of nitrogens with one attached hydrogen (secondary N) is 1. The van der Waals surface area contributed by atoms with E-state index in [9.17, 15) is 19.5 Å². The molecule has 0 unspecified atom stereocenters. The number of benzene rings is 1. The number of morpholine rings is 1. The minimum Gasteiger partial charge on any atom is -0.507 e. The second kappa shape index (κ2) is 7.04. The van der Waals surface area contributed by atoms with E-state index >= 15 is 0 Å². The molecular weight excluding hydrogens is 288 g/mol. The minimum absolute atomic E-state index is 0.0655. The predicted octanol–water partition coefficient (Wildman–Crippen LogP) is 0.782. The molecule has 0 aromatic heterocycles. The average Bonchev–Trinajstić information content (AvgIpc) is 2.47. The highest BCUT2D eigenvalue weighted by Gasteiger charge is 2.21. The van der Waals surface area contributed by atoms with Gasteiger partial charge in [-0.1, -0.05) is 0 Å². The highest BCUT2D eigenvalue weighted by molar-refractivity contribution is 6.09. The number of anilines is 1. The molecule has 0 spiro atoms. The fourth-order valence-corrected chi connectivity index (χ4v) is 2.21. The van der Waals surface area contributed by atoms with Crippen molar-refractivity contribution in [2.45, 2.75) is 13.3 Å². The second-order valence-corrected chi connectivity index (χ2v) is 5.01. The van der Waals surface area contributed by atoms with Crippen LogP contribution in [0.25, 0.3) is 0 Å². The molecule has 0 bridgehead atoms. The summed E-state index contributed by atoms with van der Waals surface area (Å²) in [5, 5.41) is 12.4. The lowest BCUT2D eigenvalue weighted by Crippen LogP contribution is -2.41. The number of amides is 2. The molecule has 1 aliphatic heterocycles. The largest absolute Gasteiger partial charge is 0.507 e. The van der Waals surface area contributed by atoms with Crippen LogP contribution in [-0.4, -0.2) is 53.9 Å². The Morgan fingerprint density at radius 1 is 1.27 bits per heavy atom. The number of nitrogens with zero attached hydrogens (tertiary/aromatic N) is 1. The molecule has 0 saturated carbocycles. The van der Waals surface area contributed by atoms with Gasteiger partial charge in [0.2, 0.25) is 11.8 Å². The van der Waals surface area contributed by atoms with Gasteiger partial charge in [0.1, 0.15) is 5.75 Å². The van der Waals surface area contributed by atoms with E-state index in [-0.39, 0.29) is 29.5 Å². The lowest BCUT2D eigenvalue weighted by atomic mass is 10.1. The van der Waals surface area contributed by atoms with E-state index in [1.54, 1.807) is 4.90 Å². The molecule has 1 aromatic rings. The summed E-state index contributed by atoms with van der Waals surface area (Å²) >= 11 is 0. The molecule has 1 aliphatic rings. The molecular formula is C15H18N2O5. The van der Waals surface area contributed by atoms with Crippen LogP contribution in [0.5, 0.6) is 5.75 Å². The monoisotopic (exact) mass is 306 g/mol. The third-order valence-electron chi connectivity index (χ3n) is 3.29. The molecule has 1 aromatic carbocycles. The van der Waals surface area contributed by atoms with Gasteiger partial charge >= 0.3 is 0 Å². The molecule has 0 aliphatic carbocycles. The smallest absolute Gasteiger partial charge is 0.230 e. The maximum atomic E-state index is 12.1. The Kier molecular flexibility index (Phi) is 5.11. The van der Waals surface area contributed by atoms with Gasteiger partial charge in [-0.15, -0.1) is 0 Å². The van der Waals surface area contributed by atoms with Crippen LogP contribution >= 0.6 is 0 Å². The maximum Gasteiger partial charge on any atom is 0.230 e. The summed E-state index contributed by atoms with van der Waals surface area (Å²) in [6.07, 6.45) is -0.299. The zero-order chi connectivity index (χ0) is 16.1. The molecule has 7 heteroatoms. The van der Waals surface area contributed by atoms with Crippen molar-refractivity contribution in [2.75, 3.05) is 31.6 Å². The number of phenolic OH excluding ortho intramolecular Hbond substituents is 1. The molecule has 7 nitrogen and oxygen atoms in total. The average molecular weight is 306 g/mol. The van der Waals surface area contributed by atoms with E-state index in [0.29, 0.717) is 32.0 Å². The Hall–Kier alpha value is -2.41. The molecule has 1 saturated heterocycles. The molecule has 22 heavy (non-hydrogen) atoms. The Morgan fingerprint density at radius 2 is 1.95 bits per heavy atom. The third-order valence-corrected chi connectivity index (χ3v) is 3.29. The van der Waals surface area contributed by atoms with Crippen LogP contribution in [0, 0.1) is 0 Å². The number of hydrogen-bond acceptors (Lipinski definition) is 5. The summed E-state index contributed by atoms with van der Waals surface area (Å²) in [4.78, 5) is 36.7. The van der Waals surface area contributed by atoms with Crippen LogP contribution in [-0.2, 0) is 14.3 Å². The Balaban J connectivity index is 2.02. The Labute approximate surface area is 127 Å². The van der Waals surface area contributed by atoms with Gasteiger partial charge in [-0.2, -0.15) is 0 Å². The number of ketones is 1. The van der Waals surface area contributed by atoms with Crippen molar-refractivity contribution in [3.05, 3.63) is 23.8 Å². The van der Waals surface area contributed by atoms with Gasteiger partial charge in [0, 0.05) is 31.8 Å². The van der Waals surface area contributed by atoms with E-state index in [1.807, 2.05) is 0 Å². The second-order valence-electron chi connectivity index (χ2n) is 5.01. The van der Waals surface area contributed by atoms with E-state index in [4.69, 9.17) is 4.74 Å². The molecule has 2 N–H and O–H groups in total. The fraction of sp³-hybridized carbons (Fsp3) is 0.400. The summed E-state index contributed by atoms with van der Waals surface area (Å²) in [5.74, 6) is -1.27. The molecule has 1 heterocycles. The first-order valence-electron chi connectivity index (χ1n) is 6.96. The highest BCUT2D eigenvalue weighted by Crippen LogP contribution is 2.23. The van der Waals surface area contributed by atoms with Gasteiger partial charge in [-0.25, -0.2) is 0 Å². The molecule has 2 rings (SSSR count). The van der Waals surface area contributed by atoms with E-state index in [1.165, 1.54) is 25.1 Å². The maximum absolute atomic E-state index is 12.1. The summed E-state index contributed by atoms with van der Waals surface area (Å²) in [7, 11) is 0. The molecule has 0 radical (unpaired) electrons. The van der Waals surface area contributed by atoms with Crippen molar-refractivity contribution in [1.29, 1.82) is 0 Å². The van der Waals surface area contributed by atoms with E-state index < -0.39 is 5.78 Å². The van der Waals surface area contributed by atoms with Gasteiger partial charge in [-0.05, 0) is 12.1 Å². The molecule has 1 fully saturated rings. The number of carbonyl (C=O) groups excluding carboxylic acids is 3. The molecule has 118 valence electrons. The van der Waals surface area contributed by atoms with Crippen LogP contribution in [0.15, 0.2) is 18.2 Å². The number of Topliss-reactive ketones (excluding diaryl/α,β-unsaturated/α-hetero) is 1. The lowest BCUT2D eigenvalue weighted by Gasteiger charge is -2.26. The predicted molar refractivity (Wildman–Crippen MR) is 78.8 cm³/mol. The van der Waals surface area contributed by atoms with Crippen molar-refractivity contribution in [1.82, 2.24) is 4.90 Å². The number of ether oxygens (including phenoxy) is 1. The topological polar surface area (TPSA) is 95.9 Å². The normalized spacial score (nSPS) is 14.5. The minimum atomic E-state index is -0.455. The number of carbonyl (C=O) groups is 3. The summed E-state index contributed by atoms with van der Waals surface area (Å²) in [6, 6.07) is 4.19. The zero-order valence-electron chi connectivity index (χ0n) is 12.3. The van der Waals surface area contributed by atoms with Crippen LogP contribution in [0.1, 0.15) is 23.7 Å². The van der Waals surface area contributed by atoms with Crippen molar-refractivity contribution in [2.24, 2.45) is 0 Å². The lowest BCUT2D eigenvalue weighted by molar-refractivity contribution is -0.134. The summed E-state index contributed by atoms with van der Waals surface area (Å²) < 4.78 is 5.15. The summed E-state index contributed by atoms with van der Waals surface area (Å²) in [6.45, 7) is 3.23. The van der Waals surface area contributed by atoms with E-state index in [2.05, 4.69) is 5.32 Å². The fourth-order valence-electron chi connectivity index (χ4n) is 2.21. The SMILES string of the molecule is CC(=O)Nc1ccc(C(=O)CC(=O)N2CCOCC2)c(O)c1. The molecule has 2 amide bonds. The molecule has 0 atom stereocenters. The van der Waals surface area contributed by atoms with Crippen LogP contribution < -0.4 is 5.32 Å². The zero-order valence-corrected chi connectivity index (χ0v) is 12.3. The van der Waals surface area contributed by atoms with Gasteiger partial charge in [-0.3, -0.25) is 14.4 Å². The van der Waals surface area contributed by atoms with Crippen LogP contribution in [0.3, 0.4) is 0 Å².